The van der Waals surface area contributed by atoms with Crippen molar-refractivity contribution in [2.75, 3.05) is 6.61 Å². The molecule has 0 unspecified atom stereocenters. The molecule has 39 heavy (non-hydrogen) atoms. The molecule has 0 radical (unpaired) electrons. The van der Waals surface area contributed by atoms with Crippen molar-refractivity contribution in [3.05, 3.63) is 0 Å². The van der Waals surface area contributed by atoms with E-state index in [1.807, 2.05) is 0 Å². The summed E-state index contributed by atoms with van der Waals surface area (Å²) < 4.78 is 111. The van der Waals surface area contributed by atoms with Crippen LogP contribution in [-0.4, -0.2) is 57.7 Å². The lowest BCUT2D eigenvalue weighted by molar-refractivity contribution is -0.166. The third kappa shape index (κ3) is 6.99. The number of fused-ring (bicyclic) bond motifs is 5. The van der Waals surface area contributed by atoms with E-state index in [0.29, 0.717) is 38.0 Å². The van der Waals surface area contributed by atoms with E-state index in [1.54, 1.807) is 0 Å². The topological polar surface area (TPSA) is 191 Å². The van der Waals surface area contributed by atoms with Gasteiger partial charge in [-0.3, -0.25) is 13.7 Å². The molecule has 0 bridgehead atoms. The second-order valence-electron chi connectivity index (χ2n) is 12.8. The number of hydrogen-bond acceptors (Lipinski definition) is 9. The van der Waals surface area contributed by atoms with Crippen molar-refractivity contribution >= 4 is 31.2 Å². The van der Waals surface area contributed by atoms with Crippen LogP contribution in [0.5, 0.6) is 0 Å². The van der Waals surface area contributed by atoms with E-state index in [0.717, 1.165) is 32.1 Å². The largest absolute Gasteiger partial charge is 0.397 e. The molecule has 4 rings (SSSR count). The average Bonchev–Trinajstić information content (AvgIpc) is 3.12. The smallest absolute Gasteiger partial charge is 0.264 e. The molecule has 0 aromatic carbocycles. The highest BCUT2D eigenvalue weighted by atomic mass is 32.3. The van der Waals surface area contributed by atoms with Crippen LogP contribution in [0.1, 0.15) is 85.0 Å². The van der Waals surface area contributed by atoms with Crippen molar-refractivity contribution in [3.63, 3.8) is 0 Å². The molecule has 15 heteroatoms. The van der Waals surface area contributed by atoms with Gasteiger partial charge in [-0.15, -0.1) is 0 Å². The third-order valence-electron chi connectivity index (χ3n) is 10.9. The van der Waals surface area contributed by atoms with Crippen molar-refractivity contribution < 1.29 is 51.5 Å². The molecule has 4 aliphatic rings. The van der Waals surface area contributed by atoms with Gasteiger partial charge < -0.3 is 0 Å². The fourth-order valence-electron chi connectivity index (χ4n) is 9.42. The zero-order chi connectivity index (χ0) is 29.0. The molecule has 4 fully saturated rings. The minimum atomic E-state index is -4.73. The van der Waals surface area contributed by atoms with E-state index < -0.39 is 43.4 Å². The third-order valence-corrected chi connectivity index (χ3v) is 12.4. The van der Waals surface area contributed by atoms with Crippen LogP contribution >= 0.6 is 0 Å². The first-order chi connectivity index (χ1) is 17.8. The first kappa shape index (κ1) is 31.5. The second kappa shape index (κ2) is 11.0. The molecular formula is C24H42O12S3. The van der Waals surface area contributed by atoms with E-state index in [9.17, 15) is 34.4 Å². The van der Waals surface area contributed by atoms with Gasteiger partial charge in [0.25, 0.3) is 0 Å². The SMILES string of the molecule is C[C@H](CCCOS(=O)(=O)O)[C@H]1CC[C@H]2[C@@H]3[C@H](OS(=O)(=O)O)C[C@@H]4C[C@H](OS(=O)(=O)O)CC[C@]4(C)[C@H]3CC[C@]12C. The highest BCUT2D eigenvalue weighted by Crippen LogP contribution is 2.69. The van der Waals surface area contributed by atoms with Gasteiger partial charge in [-0.05, 0) is 111 Å². The van der Waals surface area contributed by atoms with Gasteiger partial charge in [-0.1, -0.05) is 20.8 Å². The maximum atomic E-state index is 12.0. The van der Waals surface area contributed by atoms with E-state index >= 15 is 0 Å². The summed E-state index contributed by atoms with van der Waals surface area (Å²) in [5.74, 6) is 0.645. The molecule has 3 N–H and O–H groups in total. The molecule has 0 saturated heterocycles. The van der Waals surface area contributed by atoms with Gasteiger partial charge in [0.15, 0.2) is 0 Å². The molecule has 0 amide bonds. The molecule has 0 spiro atoms. The Morgan fingerprint density at radius 3 is 2.03 bits per heavy atom. The predicted octanol–water partition coefficient (Wildman–Crippen LogP) is 3.87. The number of hydrogen-bond donors (Lipinski definition) is 3. The monoisotopic (exact) mass is 618 g/mol. The van der Waals surface area contributed by atoms with Gasteiger partial charge in [-0.25, -0.2) is 12.5 Å². The summed E-state index contributed by atoms with van der Waals surface area (Å²) >= 11 is 0. The number of rotatable bonds is 10. The molecule has 12 nitrogen and oxygen atoms in total. The Hall–Kier alpha value is -0.390. The summed E-state index contributed by atoms with van der Waals surface area (Å²) in [6.45, 7) is 6.49. The van der Waals surface area contributed by atoms with E-state index in [2.05, 4.69) is 25.0 Å². The summed E-state index contributed by atoms with van der Waals surface area (Å²) in [5.41, 5.74) is -0.291. The Kier molecular flexibility index (Phi) is 8.92. The first-order valence-electron chi connectivity index (χ1n) is 13.8. The quantitative estimate of drug-likeness (QED) is 0.237. The van der Waals surface area contributed by atoms with Crippen LogP contribution in [-0.2, 0) is 43.7 Å². The minimum Gasteiger partial charge on any atom is -0.264 e. The summed E-state index contributed by atoms with van der Waals surface area (Å²) in [7, 11) is -13.8. The van der Waals surface area contributed by atoms with Crippen molar-refractivity contribution in [1.82, 2.24) is 0 Å². The van der Waals surface area contributed by atoms with Crippen LogP contribution in [0.15, 0.2) is 0 Å². The van der Waals surface area contributed by atoms with E-state index in [-0.39, 0.29) is 47.0 Å². The minimum absolute atomic E-state index is 0.0902. The van der Waals surface area contributed by atoms with Gasteiger partial charge in [0.05, 0.1) is 18.8 Å². The van der Waals surface area contributed by atoms with Crippen LogP contribution in [0, 0.1) is 46.3 Å². The van der Waals surface area contributed by atoms with Crippen LogP contribution in [0.3, 0.4) is 0 Å². The average molecular weight is 619 g/mol. The Morgan fingerprint density at radius 2 is 1.41 bits per heavy atom. The second-order valence-corrected chi connectivity index (χ2v) is 16.0. The molecular weight excluding hydrogens is 576 g/mol. The highest BCUT2D eigenvalue weighted by molar-refractivity contribution is 7.81. The normalized spacial score (nSPS) is 41.8. The lowest BCUT2D eigenvalue weighted by atomic mass is 9.43. The molecule has 0 heterocycles. The van der Waals surface area contributed by atoms with Gasteiger partial charge in [-0.2, -0.15) is 25.3 Å². The molecule has 0 aliphatic heterocycles. The van der Waals surface area contributed by atoms with Gasteiger partial charge in [0, 0.05) is 0 Å². The maximum absolute atomic E-state index is 12.0. The van der Waals surface area contributed by atoms with Gasteiger partial charge in [0.1, 0.15) is 0 Å². The Morgan fingerprint density at radius 1 is 0.795 bits per heavy atom. The summed E-state index contributed by atoms with van der Waals surface area (Å²) in [4.78, 5) is 0. The van der Waals surface area contributed by atoms with Gasteiger partial charge >= 0.3 is 31.2 Å². The molecule has 4 saturated carbocycles. The summed E-state index contributed by atoms with van der Waals surface area (Å²) in [6.07, 6.45) is 5.16. The highest BCUT2D eigenvalue weighted by Gasteiger charge is 2.64. The molecule has 0 aromatic rings. The Balaban J connectivity index is 1.55. The zero-order valence-corrected chi connectivity index (χ0v) is 25.1. The van der Waals surface area contributed by atoms with Crippen LogP contribution in [0.4, 0.5) is 0 Å². The maximum Gasteiger partial charge on any atom is 0.397 e. The molecule has 0 aromatic heterocycles. The lowest BCUT2D eigenvalue weighted by Gasteiger charge is -2.62. The first-order valence-corrected chi connectivity index (χ1v) is 17.8. The van der Waals surface area contributed by atoms with Crippen molar-refractivity contribution in [3.8, 4) is 0 Å². The summed E-state index contributed by atoms with van der Waals surface area (Å²) in [6, 6.07) is 0. The summed E-state index contributed by atoms with van der Waals surface area (Å²) in [5, 5.41) is 0. The lowest BCUT2D eigenvalue weighted by Crippen LogP contribution is -2.59. The molecule has 10 atom stereocenters. The van der Waals surface area contributed by atoms with Crippen LogP contribution in [0.2, 0.25) is 0 Å². The zero-order valence-electron chi connectivity index (χ0n) is 22.6. The van der Waals surface area contributed by atoms with Gasteiger partial charge in [0.2, 0.25) is 0 Å². The van der Waals surface area contributed by atoms with Crippen LogP contribution < -0.4 is 0 Å². The van der Waals surface area contributed by atoms with Crippen molar-refractivity contribution in [2.24, 2.45) is 46.3 Å². The molecule has 4 aliphatic carbocycles. The fraction of sp³-hybridized carbons (Fsp3) is 1.00. The fourth-order valence-corrected chi connectivity index (χ4v) is 10.8. The Labute approximate surface area is 232 Å². The molecule has 228 valence electrons. The van der Waals surface area contributed by atoms with Crippen molar-refractivity contribution in [1.29, 1.82) is 0 Å². The van der Waals surface area contributed by atoms with E-state index in [4.69, 9.17) is 12.9 Å². The van der Waals surface area contributed by atoms with Crippen molar-refractivity contribution in [2.45, 2.75) is 97.2 Å². The predicted molar refractivity (Wildman–Crippen MR) is 139 cm³/mol. The standard InChI is InChI=1S/C24H42O12S3/c1-15(5-4-12-34-37(25,26)27)18-6-7-19-22-20(9-11-24(18,19)3)23(2)10-8-17(35-38(28,29)30)13-16(23)14-21(22)36-39(31,32)33/h15-22H,4-14H2,1-3H3,(H,25,26,27)(H,28,29,30)(H,31,32,33)/t15-,16+,17-,18-,19+,20+,21-,22+,23+,24-/m1/s1. The van der Waals surface area contributed by atoms with E-state index in [1.165, 1.54) is 0 Å². The van der Waals surface area contributed by atoms with Crippen LogP contribution in [0.25, 0.3) is 0 Å². The Bertz CT molecular complexity index is 1220.